The molecule has 0 aliphatic rings. The molecule has 0 N–H and O–H groups in total. The van der Waals surface area contributed by atoms with Crippen LogP contribution in [0.5, 0.6) is 5.75 Å². The third-order valence-corrected chi connectivity index (χ3v) is 3.56. The summed E-state index contributed by atoms with van der Waals surface area (Å²) in [5.41, 5.74) is 4.13. The molecule has 1 nitrogen and oxygen atoms in total. The molecule has 3 rings (SSSR count). The van der Waals surface area contributed by atoms with Crippen LogP contribution in [0.1, 0.15) is 11.1 Å². The Bertz CT molecular complexity index is 868. The highest BCUT2D eigenvalue weighted by molar-refractivity contribution is 5.67. The molecular formula is C23H18O. The van der Waals surface area contributed by atoms with Gasteiger partial charge in [0, 0.05) is 5.56 Å². The molecule has 0 radical (unpaired) electrons. The average Bonchev–Trinajstić information content (AvgIpc) is 2.66. The van der Waals surface area contributed by atoms with Crippen LogP contribution >= 0.6 is 0 Å². The van der Waals surface area contributed by atoms with Crippen LogP contribution in [0.25, 0.3) is 11.1 Å². The third-order valence-electron chi connectivity index (χ3n) is 3.56. The zero-order valence-electron chi connectivity index (χ0n) is 13.4. The minimum Gasteiger partial charge on any atom is -0.488 e. The van der Waals surface area contributed by atoms with Gasteiger partial charge in [-0.15, -0.1) is 0 Å². The van der Waals surface area contributed by atoms with Crippen molar-refractivity contribution in [3.05, 3.63) is 103 Å². The van der Waals surface area contributed by atoms with Crippen LogP contribution in [0.15, 0.2) is 91.5 Å². The predicted molar refractivity (Wildman–Crippen MR) is 100.0 cm³/mol. The monoisotopic (exact) mass is 310 g/mol. The van der Waals surface area contributed by atoms with Crippen LogP contribution in [0, 0.1) is 11.8 Å². The van der Waals surface area contributed by atoms with E-state index in [1.807, 2.05) is 60.7 Å². The molecule has 0 atom stereocenters. The van der Waals surface area contributed by atoms with E-state index in [9.17, 15) is 0 Å². The van der Waals surface area contributed by atoms with Crippen LogP contribution in [-0.4, -0.2) is 6.61 Å². The summed E-state index contributed by atoms with van der Waals surface area (Å²) in [5, 5.41) is 0. The topological polar surface area (TPSA) is 9.23 Å². The lowest BCUT2D eigenvalue weighted by atomic mass is 10.0. The van der Waals surface area contributed by atoms with E-state index < -0.39 is 0 Å². The van der Waals surface area contributed by atoms with Crippen LogP contribution in [0.3, 0.4) is 0 Å². The number of hydrogen-bond acceptors (Lipinski definition) is 1. The Morgan fingerprint density at radius 3 is 2.21 bits per heavy atom. The Morgan fingerprint density at radius 2 is 1.50 bits per heavy atom. The number of rotatable bonds is 4. The zero-order valence-corrected chi connectivity index (χ0v) is 13.4. The molecule has 0 aliphatic carbocycles. The zero-order chi connectivity index (χ0) is 16.6. The minimum absolute atomic E-state index is 0.457. The van der Waals surface area contributed by atoms with Crippen molar-refractivity contribution < 1.29 is 4.74 Å². The molecule has 24 heavy (non-hydrogen) atoms. The molecule has 1 heteroatoms. The largest absolute Gasteiger partial charge is 0.488 e. The maximum absolute atomic E-state index is 5.82. The molecule has 3 aromatic rings. The van der Waals surface area contributed by atoms with E-state index in [0.717, 1.165) is 28.0 Å². The van der Waals surface area contributed by atoms with Crippen molar-refractivity contribution in [1.82, 2.24) is 0 Å². The maximum atomic E-state index is 5.82. The molecule has 0 bridgehead atoms. The van der Waals surface area contributed by atoms with E-state index in [2.05, 4.69) is 36.6 Å². The Kier molecular flexibility index (Phi) is 5.12. The second-order valence-corrected chi connectivity index (χ2v) is 5.29. The van der Waals surface area contributed by atoms with Crippen molar-refractivity contribution >= 4 is 0 Å². The van der Waals surface area contributed by atoms with Crippen molar-refractivity contribution in [3.8, 4) is 28.7 Å². The highest BCUT2D eigenvalue weighted by atomic mass is 16.5. The molecule has 0 unspecified atom stereocenters. The summed E-state index contributed by atoms with van der Waals surface area (Å²) in [4.78, 5) is 0. The van der Waals surface area contributed by atoms with Crippen molar-refractivity contribution in [3.63, 3.8) is 0 Å². The predicted octanol–water partition coefficient (Wildman–Crippen LogP) is 5.32. The third kappa shape index (κ3) is 3.94. The first-order valence-corrected chi connectivity index (χ1v) is 7.87. The van der Waals surface area contributed by atoms with Gasteiger partial charge in [0.25, 0.3) is 0 Å². The maximum Gasteiger partial charge on any atom is 0.136 e. The number of ether oxygens (including phenoxy) is 1. The first-order chi connectivity index (χ1) is 11.9. The Morgan fingerprint density at radius 1 is 0.792 bits per heavy atom. The SMILES string of the molecule is C=CCOc1cc(-c2ccccc2)ccc1C#Cc1ccccc1. The molecular weight excluding hydrogens is 292 g/mol. The van der Waals surface area contributed by atoms with Crippen molar-refractivity contribution in [2.45, 2.75) is 0 Å². The Balaban J connectivity index is 1.97. The van der Waals surface area contributed by atoms with Gasteiger partial charge in [-0.05, 0) is 35.4 Å². The normalized spacial score (nSPS) is 9.67. The summed E-state index contributed by atoms with van der Waals surface area (Å²) in [6, 6.07) is 26.3. The van der Waals surface area contributed by atoms with E-state index in [0.29, 0.717) is 6.61 Å². The standard InChI is InChI=1S/C23H18O/c1-2-17-24-23-18-22(20-11-7-4-8-12-20)16-15-21(23)14-13-19-9-5-3-6-10-19/h2-12,15-16,18H,1,17H2. The van der Waals surface area contributed by atoms with Gasteiger partial charge < -0.3 is 4.74 Å². The summed E-state index contributed by atoms with van der Waals surface area (Å²) >= 11 is 0. The average molecular weight is 310 g/mol. The Labute approximate surface area is 143 Å². The van der Waals surface area contributed by atoms with Gasteiger partial charge in [-0.1, -0.05) is 79.1 Å². The summed E-state index contributed by atoms with van der Waals surface area (Å²) < 4.78 is 5.82. The minimum atomic E-state index is 0.457. The fourth-order valence-corrected chi connectivity index (χ4v) is 2.36. The molecule has 116 valence electrons. The smallest absolute Gasteiger partial charge is 0.136 e. The highest BCUT2D eigenvalue weighted by Gasteiger charge is 2.05. The molecule has 3 aromatic carbocycles. The lowest BCUT2D eigenvalue weighted by Gasteiger charge is -2.09. The van der Waals surface area contributed by atoms with E-state index in [1.54, 1.807) is 6.08 Å². The molecule has 0 aliphatic heterocycles. The first-order valence-electron chi connectivity index (χ1n) is 7.87. The lowest BCUT2D eigenvalue weighted by molar-refractivity contribution is 0.362. The number of hydrogen-bond donors (Lipinski definition) is 0. The quantitative estimate of drug-likeness (QED) is 0.468. The van der Waals surface area contributed by atoms with Gasteiger partial charge >= 0.3 is 0 Å². The van der Waals surface area contributed by atoms with Gasteiger partial charge in [0.15, 0.2) is 0 Å². The Hall–Kier alpha value is -3.24. The summed E-state index contributed by atoms with van der Waals surface area (Å²) in [6.45, 7) is 4.18. The van der Waals surface area contributed by atoms with Gasteiger partial charge in [-0.25, -0.2) is 0 Å². The van der Waals surface area contributed by atoms with Crippen molar-refractivity contribution in [2.75, 3.05) is 6.61 Å². The molecule has 0 heterocycles. The molecule has 0 aromatic heterocycles. The van der Waals surface area contributed by atoms with Crippen LogP contribution < -0.4 is 4.74 Å². The summed E-state index contributed by atoms with van der Waals surface area (Å²) in [5.74, 6) is 7.17. The summed E-state index contributed by atoms with van der Waals surface area (Å²) in [7, 11) is 0. The highest BCUT2D eigenvalue weighted by Crippen LogP contribution is 2.27. The second kappa shape index (κ2) is 7.85. The van der Waals surface area contributed by atoms with Gasteiger partial charge in [-0.2, -0.15) is 0 Å². The van der Waals surface area contributed by atoms with Gasteiger partial charge in [0.1, 0.15) is 12.4 Å². The fourth-order valence-electron chi connectivity index (χ4n) is 2.36. The van der Waals surface area contributed by atoms with E-state index in [1.165, 1.54) is 0 Å². The van der Waals surface area contributed by atoms with Crippen LogP contribution in [0.2, 0.25) is 0 Å². The van der Waals surface area contributed by atoms with Gasteiger partial charge in [0.05, 0.1) is 5.56 Å². The van der Waals surface area contributed by atoms with E-state index >= 15 is 0 Å². The van der Waals surface area contributed by atoms with Crippen molar-refractivity contribution in [2.24, 2.45) is 0 Å². The van der Waals surface area contributed by atoms with Crippen LogP contribution in [0.4, 0.5) is 0 Å². The van der Waals surface area contributed by atoms with Gasteiger partial charge in [0.2, 0.25) is 0 Å². The molecule has 0 spiro atoms. The lowest BCUT2D eigenvalue weighted by Crippen LogP contribution is -1.96. The molecule has 0 fully saturated rings. The molecule has 0 amide bonds. The fraction of sp³-hybridized carbons (Fsp3) is 0.0435. The summed E-state index contributed by atoms with van der Waals surface area (Å²) in [6.07, 6.45) is 1.74. The van der Waals surface area contributed by atoms with E-state index in [4.69, 9.17) is 4.74 Å². The second-order valence-electron chi connectivity index (χ2n) is 5.29. The van der Waals surface area contributed by atoms with Crippen LogP contribution in [-0.2, 0) is 0 Å². The van der Waals surface area contributed by atoms with Gasteiger partial charge in [-0.3, -0.25) is 0 Å². The molecule has 0 saturated carbocycles. The first kappa shape index (κ1) is 15.6. The van der Waals surface area contributed by atoms with E-state index in [-0.39, 0.29) is 0 Å². The molecule has 0 saturated heterocycles. The number of benzene rings is 3. The van der Waals surface area contributed by atoms with Crippen molar-refractivity contribution in [1.29, 1.82) is 0 Å².